The lowest BCUT2D eigenvalue weighted by Crippen LogP contribution is -2.27. The van der Waals surface area contributed by atoms with Crippen LogP contribution in [0.15, 0.2) is 0 Å². The van der Waals surface area contributed by atoms with E-state index in [0.29, 0.717) is 0 Å². The molecule has 0 aliphatic heterocycles. The van der Waals surface area contributed by atoms with Crippen molar-refractivity contribution in [2.75, 3.05) is 0 Å². The lowest BCUT2D eigenvalue weighted by Gasteiger charge is -2.25. The third kappa shape index (κ3) is 9.84. The van der Waals surface area contributed by atoms with Crippen molar-refractivity contribution in [2.24, 2.45) is 0 Å². The summed E-state index contributed by atoms with van der Waals surface area (Å²) in [6.45, 7) is 0. The summed E-state index contributed by atoms with van der Waals surface area (Å²) in [5.74, 6) is 0. The highest BCUT2D eigenvalue weighted by Crippen LogP contribution is 2.46. The van der Waals surface area contributed by atoms with Crippen molar-refractivity contribution in [1.82, 2.24) is 0 Å². The van der Waals surface area contributed by atoms with Crippen LogP contribution in [0.1, 0.15) is 0 Å². The van der Waals surface area contributed by atoms with Crippen LogP contribution < -0.4 is 0 Å². The minimum atomic E-state index is -8.73. The molecular formula is F6O3S2. The van der Waals surface area contributed by atoms with Gasteiger partial charge in [0.05, 0.1) is 0 Å². The fourth-order valence-electron chi connectivity index (χ4n) is 0.162. The molecule has 0 unspecified atom stereocenters. The molecule has 0 saturated heterocycles. The first-order valence-corrected chi connectivity index (χ1v) is 4.78. The molecular weight excluding hydrogens is 226 g/mol. The molecule has 0 N–H and O–H groups in total. The Balaban J connectivity index is 4.86. The molecule has 0 heterocycles. The number of halogens is 6. The topological polar surface area (TPSA) is 43.4 Å². The summed E-state index contributed by atoms with van der Waals surface area (Å²) in [6, 6.07) is 0. The lowest BCUT2D eigenvalue weighted by molar-refractivity contribution is 0.283. The molecule has 3 nitrogen and oxygen atoms in total. The maximum absolute atomic E-state index is 10.9. The van der Waals surface area contributed by atoms with Crippen LogP contribution in [0.2, 0.25) is 0 Å². The van der Waals surface area contributed by atoms with Crippen molar-refractivity contribution >= 4 is 21.0 Å². The van der Waals surface area contributed by atoms with E-state index < -0.39 is 21.0 Å². The minimum absolute atomic E-state index is 1.11. The quantitative estimate of drug-likeness (QED) is 0.532. The molecule has 0 aliphatic rings. The largest absolute Gasteiger partial charge is 0.238 e. The molecule has 0 aromatic heterocycles. The van der Waals surface area contributed by atoms with E-state index in [1.54, 1.807) is 0 Å². The smallest absolute Gasteiger partial charge is 0.115 e. The van der Waals surface area contributed by atoms with E-state index in [1.807, 2.05) is 0 Å². The van der Waals surface area contributed by atoms with E-state index in [2.05, 4.69) is 0 Å². The molecule has 0 aromatic rings. The van der Waals surface area contributed by atoms with Crippen LogP contribution in [0.3, 0.4) is 0 Å². The Bertz CT molecular complexity index is 239. The zero-order valence-electron chi connectivity index (χ0n) is 4.31. The van der Waals surface area contributed by atoms with Gasteiger partial charge in [0.2, 0.25) is 21.0 Å². The molecule has 0 aromatic carbocycles. The van der Waals surface area contributed by atoms with Gasteiger partial charge in [-0.3, -0.25) is 0 Å². The van der Waals surface area contributed by atoms with Crippen LogP contribution in [0.25, 0.3) is 0 Å². The van der Waals surface area contributed by atoms with Crippen molar-refractivity contribution < 1.29 is 35.4 Å². The summed E-state index contributed by atoms with van der Waals surface area (Å²) in [4.78, 5) is 0. The first-order chi connectivity index (χ1) is 4.21. The molecule has 0 rings (SSSR count). The first-order valence-electron chi connectivity index (χ1n) is 1.59. The van der Waals surface area contributed by atoms with Gasteiger partial charge in [-0.1, -0.05) is 0 Å². The Kier molecular flexibility index (Phi) is 1.74. The molecule has 11 heteroatoms. The zero-order chi connectivity index (χ0) is 9.60. The van der Waals surface area contributed by atoms with Gasteiger partial charge in [-0.25, -0.2) is 0 Å². The highest BCUT2D eigenvalue weighted by molar-refractivity contribution is 8.15. The van der Waals surface area contributed by atoms with Gasteiger partial charge in [0.25, 0.3) is 0 Å². The van der Waals surface area contributed by atoms with E-state index >= 15 is 0 Å². The molecule has 0 saturated carbocycles. The molecule has 0 aliphatic carbocycles. The van der Waals surface area contributed by atoms with Crippen molar-refractivity contribution in [1.29, 1.82) is 0 Å². The third-order valence-electron chi connectivity index (χ3n) is 0.210. The fourth-order valence-corrected chi connectivity index (χ4v) is 1.46. The second kappa shape index (κ2) is 1.77. The van der Waals surface area contributed by atoms with Gasteiger partial charge >= 0.3 is 0 Å². The van der Waals surface area contributed by atoms with Gasteiger partial charge in [-0.15, -0.1) is 8.42 Å². The van der Waals surface area contributed by atoms with Crippen LogP contribution in [-0.4, -0.2) is 8.42 Å². The highest BCUT2D eigenvalue weighted by Gasteiger charge is 2.45. The Hall–Kier alpha value is -0.160. The monoisotopic (exact) mass is 226 g/mol. The first kappa shape index (κ1) is 10.8. The van der Waals surface area contributed by atoms with Gasteiger partial charge < -0.3 is 0 Å². The SMILES string of the molecule is O=S(F)(F)(F)OS(=O)(F)(F)F. The lowest BCUT2D eigenvalue weighted by atomic mass is 15.8. The molecule has 0 spiro atoms. The van der Waals surface area contributed by atoms with Crippen LogP contribution in [0, 0.1) is 0 Å². The number of hydrogen-bond acceptors (Lipinski definition) is 3. The van der Waals surface area contributed by atoms with Crippen molar-refractivity contribution in [3.63, 3.8) is 0 Å². The number of rotatable bonds is 2. The van der Waals surface area contributed by atoms with Crippen molar-refractivity contribution in [3.8, 4) is 0 Å². The van der Waals surface area contributed by atoms with Crippen LogP contribution >= 0.6 is 0 Å². The average Bonchev–Trinajstić information content (AvgIpc) is 1.04. The molecule has 0 bridgehead atoms. The van der Waals surface area contributed by atoms with Crippen LogP contribution in [0.4, 0.5) is 23.3 Å². The van der Waals surface area contributed by atoms with E-state index in [1.165, 1.54) is 0 Å². The second-order valence-corrected chi connectivity index (χ2v) is 4.34. The van der Waals surface area contributed by atoms with Gasteiger partial charge in [0.1, 0.15) is 0 Å². The molecule has 0 amide bonds. The minimum Gasteiger partial charge on any atom is -0.115 e. The van der Waals surface area contributed by atoms with E-state index in [0.717, 1.165) is 3.63 Å². The predicted molar refractivity (Wildman–Crippen MR) is 24.0 cm³/mol. The Morgan fingerprint density at radius 2 is 0.909 bits per heavy atom. The average molecular weight is 226 g/mol. The Labute approximate surface area is 57.3 Å². The van der Waals surface area contributed by atoms with E-state index in [4.69, 9.17) is 8.42 Å². The van der Waals surface area contributed by atoms with E-state index in [-0.39, 0.29) is 0 Å². The normalized spacial score (nSPS) is 21.3. The third-order valence-corrected chi connectivity index (χ3v) is 1.89. The van der Waals surface area contributed by atoms with Crippen molar-refractivity contribution in [3.05, 3.63) is 0 Å². The summed E-state index contributed by atoms with van der Waals surface area (Å²) in [5, 5.41) is 0. The van der Waals surface area contributed by atoms with Gasteiger partial charge in [0.15, 0.2) is 0 Å². The predicted octanol–water partition coefficient (Wildman–Crippen LogP) is 1.78. The molecule has 11 heavy (non-hydrogen) atoms. The highest BCUT2D eigenvalue weighted by atomic mass is 32.4. The van der Waals surface area contributed by atoms with Crippen LogP contribution in [-0.2, 0) is 24.6 Å². The summed E-state index contributed by atoms with van der Waals surface area (Å²) in [7, 11) is -17.5. The van der Waals surface area contributed by atoms with Crippen LogP contribution in [0.5, 0.6) is 0 Å². The summed E-state index contributed by atoms with van der Waals surface area (Å²) < 4.78 is 84.4. The Morgan fingerprint density at radius 3 is 0.909 bits per heavy atom. The second-order valence-electron chi connectivity index (χ2n) is 1.31. The fraction of sp³-hybridized carbons (Fsp3) is 0. The molecule has 0 fully saturated rings. The van der Waals surface area contributed by atoms with E-state index in [9.17, 15) is 23.3 Å². The maximum atomic E-state index is 10.9. The summed E-state index contributed by atoms with van der Waals surface area (Å²) in [6.07, 6.45) is 0. The van der Waals surface area contributed by atoms with Gasteiger partial charge in [0, 0.05) is 0 Å². The Morgan fingerprint density at radius 1 is 0.727 bits per heavy atom. The standard InChI is InChI=1S/F6O3S2/c1-10(2,3,7)9-11(4,5,6)8. The van der Waals surface area contributed by atoms with Gasteiger partial charge in [-0.05, 0) is 26.9 Å². The molecule has 0 radical (unpaired) electrons. The summed E-state index contributed by atoms with van der Waals surface area (Å²) in [5.41, 5.74) is 0. The van der Waals surface area contributed by atoms with Gasteiger partial charge in [-0.2, -0.15) is 0 Å². The maximum Gasteiger partial charge on any atom is 0.238 e. The molecule has 72 valence electrons. The molecule has 0 atom stereocenters. The number of hydrogen-bond donors (Lipinski definition) is 0. The van der Waals surface area contributed by atoms with Crippen molar-refractivity contribution in [2.45, 2.75) is 0 Å². The zero-order valence-corrected chi connectivity index (χ0v) is 5.94. The summed E-state index contributed by atoms with van der Waals surface area (Å²) >= 11 is 0.